The number of nitrogens with one attached hydrogen (secondary N) is 10. The number of hydrogen-bond acceptors (Lipinski definition) is 16. The number of benzene rings is 1. The highest BCUT2D eigenvalue weighted by Gasteiger charge is 2.41. The number of rotatable bonds is 35. The van der Waals surface area contributed by atoms with Crippen molar-refractivity contribution in [1.29, 1.82) is 0 Å². The number of ketones is 1. The fourth-order valence-corrected chi connectivity index (χ4v) is 9.85. The summed E-state index contributed by atoms with van der Waals surface area (Å²) in [6, 6.07) is -4.02. The van der Waals surface area contributed by atoms with Crippen LogP contribution in [0.2, 0.25) is 0 Å². The van der Waals surface area contributed by atoms with Gasteiger partial charge in [0, 0.05) is 25.3 Å². The highest BCUT2D eigenvalue weighted by Crippen LogP contribution is 2.20. The van der Waals surface area contributed by atoms with Gasteiger partial charge in [-0.1, -0.05) is 132 Å². The number of ether oxygens (including phenoxy) is 1. The monoisotopic (exact) mass is 1270 g/mol. The Balaban J connectivity index is 2.49. The van der Waals surface area contributed by atoms with Crippen LogP contribution in [0.3, 0.4) is 0 Å². The van der Waals surface area contributed by atoms with Crippen LogP contribution < -0.4 is 70.4 Å². The molecule has 1 saturated heterocycles. The van der Waals surface area contributed by atoms with E-state index in [1.165, 1.54) is 13.8 Å². The number of likely N-dealkylation sites (N-methyl/N-ethyl adjacent to an activating group) is 1. The summed E-state index contributed by atoms with van der Waals surface area (Å²) < 4.78 is 5.77. The quantitative estimate of drug-likeness (QED) is 0.0172. The summed E-state index contributed by atoms with van der Waals surface area (Å²) in [5.74, 6) is -13.2. The SMILES string of the molecule is CC[C@@H](C)[C@@H](NC(=O)[C@@H](CCC(N)=O)NC(=O)[C@H](CCCN=C(N)N)NC(=O)[C@@H](NC(=O)[C@@H](Cc1ccccc1)NC)[C@@H](C)CC)C(=O)N[C@H](C(=O)N[C@@H](CO)C(=O)N[C@H]1C(=O)C[C@@H](C)C(=O)N[C@@H](CC(C)C)C(=O)N[C@@H]([C@@H](C)CC)C(=O)O[C@H]1C)[C@@H](C)CC. The van der Waals surface area contributed by atoms with E-state index < -0.39 is 186 Å². The topological polar surface area (TPSA) is 445 Å². The van der Waals surface area contributed by atoms with Gasteiger partial charge in [0.05, 0.1) is 12.6 Å². The fraction of sp³-hybridized carbons (Fsp3) is 0.694. The largest absolute Gasteiger partial charge is 0.458 e. The van der Waals surface area contributed by atoms with Gasteiger partial charge in [0.2, 0.25) is 59.1 Å². The first-order chi connectivity index (χ1) is 42.4. The number of nitrogens with zero attached hydrogens (tertiary/aromatic N) is 1. The second-order valence-corrected chi connectivity index (χ2v) is 24.2. The predicted octanol–water partition coefficient (Wildman–Crippen LogP) is -0.737. The van der Waals surface area contributed by atoms with Gasteiger partial charge in [-0.3, -0.25) is 57.7 Å². The van der Waals surface area contributed by atoms with Gasteiger partial charge >= 0.3 is 5.97 Å². The van der Waals surface area contributed by atoms with E-state index in [1.807, 2.05) is 51.1 Å². The van der Waals surface area contributed by atoms with E-state index >= 15 is 0 Å². The Kier molecular flexibility index (Phi) is 34.3. The van der Waals surface area contributed by atoms with Crippen molar-refractivity contribution in [2.45, 2.75) is 220 Å². The van der Waals surface area contributed by atoms with Crippen molar-refractivity contribution in [2.75, 3.05) is 20.2 Å². The number of amides is 10. The molecule has 0 bridgehead atoms. The van der Waals surface area contributed by atoms with Crippen molar-refractivity contribution in [3.8, 4) is 0 Å². The molecule has 1 aliphatic rings. The average Bonchev–Trinajstić information content (AvgIpc) is 1.63. The molecule has 0 unspecified atom stereocenters. The van der Waals surface area contributed by atoms with E-state index in [2.05, 4.69) is 58.2 Å². The van der Waals surface area contributed by atoms with E-state index in [-0.39, 0.29) is 56.9 Å². The summed E-state index contributed by atoms with van der Waals surface area (Å²) in [7, 11) is 1.62. The first kappa shape index (κ1) is 78.3. The van der Waals surface area contributed by atoms with Crippen LogP contribution in [0.5, 0.6) is 0 Å². The second kappa shape index (κ2) is 39.4. The van der Waals surface area contributed by atoms with Gasteiger partial charge in [-0.15, -0.1) is 0 Å². The molecule has 10 amide bonds. The zero-order valence-corrected chi connectivity index (χ0v) is 54.8. The van der Waals surface area contributed by atoms with Crippen LogP contribution in [0.15, 0.2) is 35.3 Å². The summed E-state index contributed by atoms with van der Waals surface area (Å²) in [6.07, 6.45) is -0.640. The number of aliphatic imine (C=N–C) groups is 1. The molecule has 1 aliphatic heterocycles. The molecule has 28 heteroatoms. The standard InChI is InChI=1S/C62H104N14O14/c1-14-33(7)47(73-55(83)42(66-13)30-39-22-19-18-20-23-39)58(86)69-40(24-21-27-67-62(64)65)53(81)68-41(25-26-46(63)79)54(82)72-49(35(9)16-3)60(88)74-48(34(8)15-2)59(87)71-44(31-77)57(85)76-51-38(12)90-61(89)50(36(10)17-4)75-56(84)43(28-32(5)6)70-52(80)37(11)29-45(51)78/h18-20,22-23,32-38,40-44,47-51,66,77H,14-17,21,24-31H2,1-13H3,(H2,63,79)(H,68,81)(H,69,86)(H,70,80)(H,71,87)(H,72,82)(H,73,83)(H,74,88)(H,75,84)(H,76,85)(H4,64,65,67)/t33-,34-,35+,36-,37+,38-,40-,41+,42+,43-,44-,47-,48-,49+,50-,51+/m0/s1. The predicted molar refractivity (Wildman–Crippen MR) is 337 cm³/mol. The van der Waals surface area contributed by atoms with Gasteiger partial charge in [0.15, 0.2) is 11.7 Å². The second-order valence-electron chi connectivity index (χ2n) is 24.2. The van der Waals surface area contributed by atoms with Crippen molar-refractivity contribution in [1.82, 2.24) is 53.2 Å². The Morgan fingerprint density at radius 3 is 1.61 bits per heavy atom. The molecule has 28 nitrogen and oxygen atoms in total. The number of aliphatic hydroxyl groups excluding tert-OH is 1. The van der Waals surface area contributed by atoms with Crippen LogP contribution in [-0.2, 0) is 68.7 Å². The normalized spacial score (nSPS) is 21.0. The number of esters is 1. The maximum atomic E-state index is 14.5. The molecule has 0 aromatic heterocycles. The molecule has 2 rings (SSSR count). The maximum absolute atomic E-state index is 14.5. The van der Waals surface area contributed by atoms with Gasteiger partial charge in [0.1, 0.15) is 60.5 Å². The molecule has 0 aliphatic carbocycles. The molecule has 1 aromatic rings. The number of carbonyl (C=O) groups is 12. The number of Topliss-reactive ketones (excluding diaryl/α,β-unsaturated/α-hetero) is 1. The molecule has 0 radical (unpaired) electrons. The molecule has 17 N–H and O–H groups in total. The van der Waals surface area contributed by atoms with Crippen LogP contribution in [0, 0.1) is 35.5 Å². The lowest BCUT2D eigenvalue weighted by atomic mass is 9.94. The molecule has 1 fully saturated rings. The molecule has 1 aromatic carbocycles. The lowest BCUT2D eigenvalue weighted by Crippen LogP contribution is -2.62. The van der Waals surface area contributed by atoms with Crippen LogP contribution in [0.1, 0.15) is 153 Å². The number of carbonyl (C=O) groups excluding carboxylic acids is 12. The molecule has 0 spiro atoms. The van der Waals surface area contributed by atoms with Gasteiger partial charge in [-0.2, -0.15) is 0 Å². The highest BCUT2D eigenvalue weighted by atomic mass is 16.5. The van der Waals surface area contributed by atoms with E-state index in [0.29, 0.717) is 19.3 Å². The molecule has 1 heterocycles. The Bertz CT molecular complexity index is 2610. The number of guanidine groups is 1. The minimum Gasteiger partial charge on any atom is -0.458 e. The zero-order valence-electron chi connectivity index (χ0n) is 54.8. The third-order valence-corrected chi connectivity index (χ3v) is 16.5. The smallest absolute Gasteiger partial charge is 0.329 e. The van der Waals surface area contributed by atoms with Crippen LogP contribution >= 0.6 is 0 Å². The molecular formula is C62H104N14O14. The number of hydrogen-bond donors (Lipinski definition) is 14. The molecule has 0 saturated carbocycles. The number of nitrogens with two attached hydrogens (primary N) is 3. The molecule has 90 heavy (non-hydrogen) atoms. The minimum atomic E-state index is -1.78. The van der Waals surface area contributed by atoms with Gasteiger partial charge in [-0.25, -0.2) is 4.79 Å². The van der Waals surface area contributed by atoms with Gasteiger partial charge in [0.25, 0.3) is 0 Å². The fourth-order valence-electron chi connectivity index (χ4n) is 9.85. The van der Waals surface area contributed by atoms with Crippen LogP contribution in [0.25, 0.3) is 0 Å². The Hall–Kier alpha value is -7.75. The first-order valence-electron chi connectivity index (χ1n) is 31.5. The minimum absolute atomic E-state index is 0.0424. The lowest BCUT2D eigenvalue weighted by molar-refractivity contribution is -0.157. The summed E-state index contributed by atoms with van der Waals surface area (Å²) in [6.45, 7) is 19.3. The maximum Gasteiger partial charge on any atom is 0.329 e. The highest BCUT2D eigenvalue weighted by molar-refractivity contribution is 5.99. The number of primary amides is 1. The molecular weight excluding hydrogens is 1160 g/mol. The van der Waals surface area contributed by atoms with Gasteiger partial charge < -0.3 is 80.2 Å². The van der Waals surface area contributed by atoms with E-state index in [0.717, 1.165) is 5.56 Å². The van der Waals surface area contributed by atoms with Crippen molar-refractivity contribution in [3.63, 3.8) is 0 Å². The van der Waals surface area contributed by atoms with Crippen molar-refractivity contribution in [2.24, 2.45) is 57.7 Å². The Labute approximate surface area is 529 Å². The van der Waals surface area contributed by atoms with Crippen molar-refractivity contribution >= 4 is 76.8 Å². The first-order valence-corrected chi connectivity index (χ1v) is 31.5. The van der Waals surface area contributed by atoms with Crippen LogP contribution in [0.4, 0.5) is 0 Å². The third kappa shape index (κ3) is 25.6. The van der Waals surface area contributed by atoms with E-state index in [1.54, 1.807) is 55.5 Å². The van der Waals surface area contributed by atoms with Gasteiger partial charge in [-0.05, 0) is 81.2 Å². The third-order valence-electron chi connectivity index (χ3n) is 16.5. The molecule has 16 atom stereocenters. The summed E-state index contributed by atoms with van der Waals surface area (Å²) >= 11 is 0. The zero-order chi connectivity index (χ0) is 68.1. The molecule has 506 valence electrons. The average molecular weight is 1270 g/mol. The summed E-state index contributed by atoms with van der Waals surface area (Å²) in [5.41, 5.74) is 17.5. The van der Waals surface area contributed by atoms with Crippen LogP contribution in [-0.4, -0.2) is 169 Å². The summed E-state index contributed by atoms with van der Waals surface area (Å²) in [5, 5.41) is 37.5. The summed E-state index contributed by atoms with van der Waals surface area (Å²) in [4.78, 5) is 171. The number of aliphatic hydroxyl groups is 1. The van der Waals surface area contributed by atoms with Crippen molar-refractivity contribution < 1.29 is 67.4 Å². The Morgan fingerprint density at radius 1 is 0.633 bits per heavy atom. The van der Waals surface area contributed by atoms with E-state index in [4.69, 9.17) is 21.9 Å². The Morgan fingerprint density at radius 2 is 1.12 bits per heavy atom. The van der Waals surface area contributed by atoms with E-state index in [9.17, 15) is 62.6 Å². The van der Waals surface area contributed by atoms with Crippen molar-refractivity contribution in [3.05, 3.63) is 35.9 Å². The number of cyclic esters (lactones) is 1. The lowest BCUT2D eigenvalue weighted by Gasteiger charge is -2.31.